The van der Waals surface area contributed by atoms with Crippen LogP contribution in [0.15, 0.2) is 12.1 Å². The third-order valence-electron chi connectivity index (χ3n) is 4.37. The molecule has 0 aliphatic carbocycles. The van der Waals surface area contributed by atoms with Gasteiger partial charge >= 0.3 is 0 Å². The molecule has 5 heteroatoms. The molecule has 116 valence electrons. The average Bonchev–Trinajstić information content (AvgIpc) is 2.66. The molecule has 1 saturated heterocycles. The summed E-state index contributed by atoms with van der Waals surface area (Å²) in [6.07, 6.45) is 3.39. The van der Waals surface area contributed by atoms with Crippen LogP contribution in [0.4, 0.5) is 11.4 Å². The molecule has 0 bridgehead atoms. The second kappa shape index (κ2) is 6.89. The highest BCUT2D eigenvalue weighted by Gasteiger charge is 2.19. The molecular weight excluding hydrogens is 266 g/mol. The summed E-state index contributed by atoms with van der Waals surface area (Å²) in [5.41, 5.74) is 2.91. The molecule has 5 nitrogen and oxygen atoms in total. The van der Waals surface area contributed by atoms with Gasteiger partial charge in [-0.05, 0) is 57.8 Å². The Bertz CT molecular complexity index is 516. The maximum atomic E-state index is 11.1. The number of rotatable bonds is 4. The molecular formula is C16H25N3O2. The zero-order valence-electron chi connectivity index (χ0n) is 13.2. The minimum Gasteiger partial charge on any atom is -0.382 e. The number of nitro groups is 1. The van der Waals surface area contributed by atoms with Crippen molar-refractivity contribution in [3.05, 3.63) is 33.4 Å². The maximum Gasteiger partial charge on any atom is 0.274 e. The van der Waals surface area contributed by atoms with Crippen LogP contribution < -0.4 is 5.32 Å². The number of nitrogens with one attached hydrogen (secondary N) is 1. The van der Waals surface area contributed by atoms with Gasteiger partial charge in [-0.25, -0.2) is 0 Å². The van der Waals surface area contributed by atoms with Crippen LogP contribution in [0, 0.1) is 24.0 Å². The van der Waals surface area contributed by atoms with E-state index in [1.54, 1.807) is 13.0 Å². The fourth-order valence-electron chi connectivity index (χ4n) is 3.03. The zero-order valence-corrected chi connectivity index (χ0v) is 13.2. The highest BCUT2D eigenvalue weighted by atomic mass is 16.6. The predicted octanol–water partition coefficient (Wildman–Crippen LogP) is 3.50. The van der Waals surface area contributed by atoms with Crippen molar-refractivity contribution in [2.45, 2.75) is 46.1 Å². The van der Waals surface area contributed by atoms with E-state index in [0.29, 0.717) is 6.04 Å². The van der Waals surface area contributed by atoms with E-state index in [0.717, 1.165) is 49.3 Å². The van der Waals surface area contributed by atoms with E-state index >= 15 is 0 Å². The van der Waals surface area contributed by atoms with Crippen LogP contribution in [0.1, 0.15) is 37.3 Å². The lowest BCUT2D eigenvalue weighted by molar-refractivity contribution is -0.385. The van der Waals surface area contributed by atoms with Gasteiger partial charge in [-0.3, -0.25) is 10.1 Å². The Morgan fingerprint density at radius 3 is 2.71 bits per heavy atom. The van der Waals surface area contributed by atoms with Gasteiger partial charge < -0.3 is 10.2 Å². The van der Waals surface area contributed by atoms with Gasteiger partial charge in [0.2, 0.25) is 0 Å². The van der Waals surface area contributed by atoms with Gasteiger partial charge in [0.25, 0.3) is 5.69 Å². The second-order valence-corrected chi connectivity index (χ2v) is 5.92. The molecule has 2 rings (SSSR count). The molecule has 0 aromatic heterocycles. The van der Waals surface area contributed by atoms with Gasteiger partial charge in [0.05, 0.1) is 4.92 Å². The van der Waals surface area contributed by atoms with Gasteiger partial charge in [0, 0.05) is 29.9 Å². The van der Waals surface area contributed by atoms with Crippen molar-refractivity contribution in [2.75, 3.05) is 25.0 Å². The summed E-state index contributed by atoms with van der Waals surface area (Å²) in [5, 5.41) is 14.6. The number of likely N-dealkylation sites (tertiary alicyclic amines) is 1. The molecule has 0 spiro atoms. The first-order chi connectivity index (χ1) is 10.0. The second-order valence-electron chi connectivity index (χ2n) is 5.92. The van der Waals surface area contributed by atoms with Crippen LogP contribution in [-0.4, -0.2) is 35.5 Å². The van der Waals surface area contributed by atoms with Gasteiger partial charge in [-0.15, -0.1) is 0 Å². The minimum atomic E-state index is -0.300. The van der Waals surface area contributed by atoms with Gasteiger partial charge in [-0.1, -0.05) is 6.92 Å². The third-order valence-corrected chi connectivity index (χ3v) is 4.37. The summed E-state index contributed by atoms with van der Waals surface area (Å²) in [5.74, 6) is 0. The fraction of sp³-hybridized carbons (Fsp3) is 0.625. The van der Waals surface area contributed by atoms with Gasteiger partial charge in [-0.2, -0.15) is 0 Å². The molecule has 1 fully saturated rings. The van der Waals surface area contributed by atoms with Crippen LogP contribution in [0.3, 0.4) is 0 Å². The summed E-state index contributed by atoms with van der Waals surface area (Å²) in [7, 11) is 0. The highest BCUT2D eigenvalue weighted by Crippen LogP contribution is 2.28. The van der Waals surface area contributed by atoms with Crippen molar-refractivity contribution in [1.82, 2.24) is 4.90 Å². The SMILES string of the molecule is CCN1CCCC(Nc2cc([N+](=O)[O-])c(C)cc2C)CC1. The van der Waals surface area contributed by atoms with E-state index in [9.17, 15) is 10.1 Å². The van der Waals surface area contributed by atoms with Crippen molar-refractivity contribution in [3.8, 4) is 0 Å². The molecule has 1 atom stereocenters. The highest BCUT2D eigenvalue weighted by molar-refractivity contribution is 5.60. The Labute approximate surface area is 126 Å². The van der Waals surface area contributed by atoms with Crippen LogP contribution in [0.2, 0.25) is 0 Å². The topological polar surface area (TPSA) is 58.4 Å². The lowest BCUT2D eigenvalue weighted by atomic mass is 10.1. The summed E-state index contributed by atoms with van der Waals surface area (Å²) in [6, 6.07) is 3.99. The number of hydrogen-bond donors (Lipinski definition) is 1. The Hall–Kier alpha value is -1.62. The van der Waals surface area contributed by atoms with E-state index < -0.39 is 0 Å². The number of anilines is 1. The van der Waals surface area contributed by atoms with Crippen LogP contribution in [-0.2, 0) is 0 Å². The Balaban J connectivity index is 2.12. The Kier molecular flexibility index (Phi) is 5.17. The summed E-state index contributed by atoms with van der Waals surface area (Å²) < 4.78 is 0. The predicted molar refractivity (Wildman–Crippen MR) is 85.9 cm³/mol. The number of nitrogens with zero attached hydrogens (tertiary/aromatic N) is 2. The molecule has 1 aliphatic rings. The average molecular weight is 291 g/mol. The smallest absolute Gasteiger partial charge is 0.274 e. The van der Waals surface area contributed by atoms with Crippen LogP contribution in [0.25, 0.3) is 0 Å². The molecule has 0 radical (unpaired) electrons. The summed E-state index contributed by atoms with van der Waals surface area (Å²) in [4.78, 5) is 13.3. The van der Waals surface area contributed by atoms with Gasteiger partial charge in [0.15, 0.2) is 0 Å². The van der Waals surface area contributed by atoms with E-state index in [-0.39, 0.29) is 10.6 Å². The van der Waals surface area contributed by atoms with E-state index in [1.165, 1.54) is 6.42 Å². The normalized spacial score (nSPS) is 20.0. The van der Waals surface area contributed by atoms with Crippen LogP contribution >= 0.6 is 0 Å². The van der Waals surface area contributed by atoms with E-state index in [1.807, 2.05) is 13.0 Å². The Morgan fingerprint density at radius 1 is 1.29 bits per heavy atom. The first-order valence-electron chi connectivity index (χ1n) is 7.75. The molecule has 1 heterocycles. The summed E-state index contributed by atoms with van der Waals surface area (Å²) >= 11 is 0. The molecule has 1 N–H and O–H groups in total. The first-order valence-corrected chi connectivity index (χ1v) is 7.75. The zero-order chi connectivity index (χ0) is 15.4. The molecule has 1 aromatic rings. The van der Waals surface area contributed by atoms with Crippen LogP contribution in [0.5, 0.6) is 0 Å². The standard InChI is InChI=1S/C16H25N3O2/c1-4-18-8-5-6-14(7-9-18)17-15-11-16(19(20)21)13(3)10-12(15)2/h10-11,14,17H,4-9H2,1-3H3. The number of aryl methyl sites for hydroxylation is 2. The molecule has 1 unspecified atom stereocenters. The van der Waals surface area contributed by atoms with Crippen molar-refractivity contribution >= 4 is 11.4 Å². The quantitative estimate of drug-likeness (QED) is 0.681. The maximum absolute atomic E-state index is 11.1. The lowest BCUT2D eigenvalue weighted by Crippen LogP contribution is -2.26. The summed E-state index contributed by atoms with van der Waals surface area (Å²) in [6.45, 7) is 9.35. The molecule has 1 aromatic carbocycles. The third kappa shape index (κ3) is 3.94. The first kappa shape index (κ1) is 15.8. The van der Waals surface area contributed by atoms with E-state index in [2.05, 4.69) is 17.1 Å². The fourth-order valence-corrected chi connectivity index (χ4v) is 3.03. The largest absolute Gasteiger partial charge is 0.382 e. The van der Waals surface area contributed by atoms with Crippen molar-refractivity contribution in [2.24, 2.45) is 0 Å². The minimum absolute atomic E-state index is 0.201. The number of hydrogen-bond acceptors (Lipinski definition) is 4. The van der Waals surface area contributed by atoms with E-state index in [4.69, 9.17) is 0 Å². The van der Waals surface area contributed by atoms with Crippen molar-refractivity contribution in [1.29, 1.82) is 0 Å². The number of nitro benzene ring substituents is 1. The molecule has 0 saturated carbocycles. The van der Waals surface area contributed by atoms with Crippen molar-refractivity contribution in [3.63, 3.8) is 0 Å². The monoisotopic (exact) mass is 291 g/mol. The van der Waals surface area contributed by atoms with Crippen molar-refractivity contribution < 1.29 is 4.92 Å². The number of benzene rings is 1. The molecule has 21 heavy (non-hydrogen) atoms. The molecule has 1 aliphatic heterocycles. The van der Waals surface area contributed by atoms with Gasteiger partial charge in [0.1, 0.15) is 0 Å². The molecule has 0 amide bonds. The lowest BCUT2D eigenvalue weighted by Gasteiger charge is -2.20. The Morgan fingerprint density at radius 2 is 2.05 bits per heavy atom.